The average molecular weight is 384 g/mol. The maximum absolute atomic E-state index is 13.4. The standard InChI is InChI=1S/C14H9Br2FN2/c15-11-6-9(7-18)4-5-13(11)19-8-10-2-1-3-12(17)14(10)16/h1-6,19H,8H2. The summed E-state index contributed by atoms with van der Waals surface area (Å²) in [6.45, 7) is 0.489. The van der Waals surface area contributed by atoms with Gasteiger partial charge in [-0.25, -0.2) is 4.39 Å². The molecule has 2 rings (SSSR count). The zero-order valence-electron chi connectivity index (χ0n) is 9.75. The predicted octanol–water partition coefficient (Wildman–Crippen LogP) is 4.83. The number of benzene rings is 2. The molecule has 1 N–H and O–H groups in total. The van der Waals surface area contributed by atoms with Gasteiger partial charge in [0.15, 0.2) is 0 Å². The van der Waals surface area contributed by atoms with Gasteiger partial charge in [0.25, 0.3) is 0 Å². The third-order valence-electron chi connectivity index (χ3n) is 2.60. The normalized spacial score (nSPS) is 10.0. The first kappa shape index (κ1) is 14.0. The lowest BCUT2D eigenvalue weighted by Gasteiger charge is -2.10. The van der Waals surface area contributed by atoms with Crippen LogP contribution in [0.3, 0.4) is 0 Å². The van der Waals surface area contributed by atoms with Crippen LogP contribution in [0.5, 0.6) is 0 Å². The summed E-state index contributed by atoms with van der Waals surface area (Å²) in [6, 6.07) is 12.3. The van der Waals surface area contributed by atoms with Gasteiger partial charge in [-0.05, 0) is 61.7 Å². The van der Waals surface area contributed by atoms with Crippen molar-refractivity contribution in [2.75, 3.05) is 5.32 Å². The second-order valence-corrected chi connectivity index (χ2v) is 5.52. The SMILES string of the molecule is N#Cc1ccc(NCc2cccc(F)c2Br)c(Br)c1. The van der Waals surface area contributed by atoms with E-state index in [9.17, 15) is 4.39 Å². The molecule has 19 heavy (non-hydrogen) atoms. The molecule has 0 saturated heterocycles. The van der Waals surface area contributed by atoms with E-state index in [1.807, 2.05) is 12.1 Å². The molecular formula is C14H9Br2FN2. The lowest BCUT2D eigenvalue weighted by atomic mass is 10.2. The Morgan fingerprint density at radius 3 is 2.68 bits per heavy atom. The molecule has 0 radical (unpaired) electrons. The molecule has 2 aromatic carbocycles. The number of nitrogens with zero attached hydrogens (tertiary/aromatic N) is 1. The van der Waals surface area contributed by atoms with Crippen LogP contribution in [0.15, 0.2) is 45.3 Å². The first-order valence-corrected chi connectivity index (χ1v) is 7.07. The number of hydrogen-bond acceptors (Lipinski definition) is 2. The number of hydrogen-bond donors (Lipinski definition) is 1. The number of halogens is 3. The van der Waals surface area contributed by atoms with Crippen molar-refractivity contribution < 1.29 is 4.39 Å². The molecular weight excluding hydrogens is 375 g/mol. The van der Waals surface area contributed by atoms with E-state index in [2.05, 4.69) is 43.2 Å². The van der Waals surface area contributed by atoms with Crippen LogP contribution in [0.2, 0.25) is 0 Å². The Morgan fingerprint density at radius 1 is 1.21 bits per heavy atom. The van der Waals surface area contributed by atoms with E-state index in [4.69, 9.17) is 5.26 Å². The van der Waals surface area contributed by atoms with Gasteiger partial charge in [0.2, 0.25) is 0 Å². The Labute approximate surface area is 127 Å². The molecule has 0 heterocycles. The van der Waals surface area contributed by atoms with Gasteiger partial charge in [-0.1, -0.05) is 12.1 Å². The van der Waals surface area contributed by atoms with Crippen molar-refractivity contribution in [2.45, 2.75) is 6.54 Å². The van der Waals surface area contributed by atoms with E-state index in [0.29, 0.717) is 16.6 Å². The zero-order chi connectivity index (χ0) is 13.8. The Morgan fingerprint density at radius 2 is 2.00 bits per heavy atom. The summed E-state index contributed by atoms with van der Waals surface area (Å²) in [4.78, 5) is 0. The zero-order valence-corrected chi connectivity index (χ0v) is 12.9. The smallest absolute Gasteiger partial charge is 0.137 e. The largest absolute Gasteiger partial charge is 0.380 e. The van der Waals surface area contributed by atoms with Crippen LogP contribution in [0.1, 0.15) is 11.1 Å². The fourth-order valence-electron chi connectivity index (χ4n) is 1.60. The van der Waals surface area contributed by atoms with Crippen LogP contribution >= 0.6 is 31.9 Å². The van der Waals surface area contributed by atoms with E-state index in [0.717, 1.165) is 15.7 Å². The molecule has 0 aliphatic carbocycles. The number of nitrogens with one attached hydrogen (secondary N) is 1. The Bertz CT molecular complexity index is 650. The fraction of sp³-hybridized carbons (Fsp3) is 0.0714. The molecule has 96 valence electrons. The van der Waals surface area contributed by atoms with Crippen molar-refractivity contribution in [1.29, 1.82) is 5.26 Å². The minimum absolute atomic E-state index is 0.279. The van der Waals surface area contributed by atoms with Crippen LogP contribution in [0, 0.1) is 17.1 Å². The quantitative estimate of drug-likeness (QED) is 0.823. The van der Waals surface area contributed by atoms with Gasteiger partial charge in [0.05, 0.1) is 16.1 Å². The summed E-state index contributed by atoms with van der Waals surface area (Å²) < 4.78 is 14.6. The maximum Gasteiger partial charge on any atom is 0.137 e. The van der Waals surface area contributed by atoms with Crippen LogP contribution in [-0.2, 0) is 6.54 Å². The van der Waals surface area contributed by atoms with Crippen molar-refractivity contribution in [2.24, 2.45) is 0 Å². The minimum atomic E-state index is -0.279. The molecule has 0 aliphatic rings. The summed E-state index contributed by atoms with van der Waals surface area (Å²) in [5.74, 6) is -0.279. The fourth-order valence-corrected chi connectivity index (χ4v) is 2.53. The van der Waals surface area contributed by atoms with Gasteiger partial charge in [-0.15, -0.1) is 0 Å². The predicted molar refractivity (Wildman–Crippen MR) is 80.3 cm³/mol. The second kappa shape index (κ2) is 6.18. The molecule has 0 saturated carbocycles. The Hall–Kier alpha value is -1.38. The molecule has 2 nitrogen and oxygen atoms in total. The summed E-state index contributed by atoms with van der Waals surface area (Å²) in [6.07, 6.45) is 0. The van der Waals surface area contributed by atoms with Gasteiger partial charge in [-0.3, -0.25) is 0 Å². The van der Waals surface area contributed by atoms with Crippen molar-refractivity contribution in [1.82, 2.24) is 0 Å². The van der Waals surface area contributed by atoms with E-state index in [1.165, 1.54) is 6.07 Å². The molecule has 0 amide bonds. The highest BCUT2D eigenvalue weighted by atomic mass is 79.9. The molecule has 0 aromatic heterocycles. The summed E-state index contributed by atoms with van der Waals surface area (Å²) >= 11 is 6.62. The number of anilines is 1. The maximum atomic E-state index is 13.4. The van der Waals surface area contributed by atoms with Gasteiger partial charge >= 0.3 is 0 Å². The van der Waals surface area contributed by atoms with Gasteiger partial charge in [-0.2, -0.15) is 5.26 Å². The van der Waals surface area contributed by atoms with Crippen molar-refractivity contribution >= 4 is 37.5 Å². The van der Waals surface area contributed by atoms with Crippen LogP contribution in [0.25, 0.3) is 0 Å². The summed E-state index contributed by atoms with van der Waals surface area (Å²) in [5.41, 5.74) is 2.27. The topological polar surface area (TPSA) is 35.8 Å². The molecule has 0 aliphatic heterocycles. The minimum Gasteiger partial charge on any atom is -0.380 e. The number of nitriles is 1. The van der Waals surface area contributed by atoms with Crippen molar-refractivity contribution in [3.8, 4) is 6.07 Å². The monoisotopic (exact) mass is 382 g/mol. The molecule has 5 heteroatoms. The lowest BCUT2D eigenvalue weighted by Crippen LogP contribution is -2.01. The highest BCUT2D eigenvalue weighted by Crippen LogP contribution is 2.26. The molecule has 0 spiro atoms. The lowest BCUT2D eigenvalue weighted by molar-refractivity contribution is 0.618. The van der Waals surface area contributed by atoms with E-state index in [1.54, 1.807) is 18.2 Å². The van der Waals surface area contributed by atoms with Gasteiger partial charge in [0.1, 0.15) is 5.82 Å². The molecule has 0 unspecified atom stereocenters. The van der Waals surface area contributed by atoms with E-state index >= 15 is 0 Å². The summed E-state index contributed by atoms with van der Waals surface area (Å²) in [5, 5.41) is 12.0. The first-order valence-electron chi connectivity index (χ1n) is 5.48. The molecule has 2 aromatic rings. The molecule has 0 bridgehead atoms. The molecule has 0 atom stereocenters. The Balaban J connectivity index is 2.15. The third kappa shape index (κ3) is 3.34. The van der Waals surface area contributed by atoms with E-state index in [-0.39, 0.29) is 5.82 Å². The highest BCUT2D eigenvalue weighted by Gasteiger charge is 2.06. The summed E-state index contributed by atoms with van der Waals surface area (Å²) in [7, 11) is 0. The van der Waals surface area contributed by atoms with Gasteiger partial charge in [0, 0.05) is 16.7 Å². The average Bonchev–Trinajstić information content (AvgIpc) is 2.41. The van der Waals surface area contributed by atoms with Crippen molar-refractivity contribution in [3.05, 3.63) is 62.3 Å². The number of rotatable bonds is 3. The highest BCUT2D eigenvalue weighted by molar-refractivity contribution is 9.11. The van der Waals surface area contributed by atoms with Crippen molar-refractivity contribution in [3.63, 3.8) is 0 Å². The van der Waals surface area contributed by atoms with Gasteiger partial charge < -0.3 is 5.32 Å². The van der Waals surface area contributed by atoms with Crippen LogP contribution < -0.4 is 5.32 Å². The molecule has 0 fully saturated rings. The Kier molecular flexibility index (Phi) is 4.56. The van der Waals surface area contributed by atoms with Crippen LogP contribution in [0.4, 0.5) is 10.1 Å². The van der Waals surface area contributed by atoms with E-state index < -0.39 is 0 Å². The first-order chi connectivity index (χ1) is 9.11. The van der Waals surface area contributed by atoms with Crippen LogP contribution in [-0.4, -0.2) is 0 Å². The third-order valence-corrected chi connectivity index (χ3v) is 4.14. The second-order valence-electron chi connectivity index (χ2n) is 3.87.